The molecule has 1 rings (SSSR count). The second-order valence-corrected chi connectivity index (χ2v) is 5.70. The van der Waals surface area contributed by atoms with Gasteiger partial charge < -0.3 is 4.18 Å². The molecule has 0 atom stereocenters. The third-order valence-electron chi connectivity index (χ3n) is 2.36. The highest BCUT2D eigenvalue weighted by atomic mass is 32.2. The predicted octanol–water partition coefficient (Wildman–Crippen LogP) is 2.71. The smallest absolute Gasteiger partial charge is 0.306 e. The fourth-order valence-electron chi connectivity index (χ4n) is 1.79. The first-order valence-corrected chi connectivity index (χ1v) is 7.18. The van der Waals surface area contributed by atoms with Crippen LogP contribution in [-0.2, 0) is 16.5 Å². The quantitative estimate of drug-likeness (QED) is 0.762. The zero-order valence-corrected chi connectivity index (χ0v) is 11.0. The molecule has 0 heterocycles. The van der Waals surface area contributed by atoms with E-state index in [4.69, 9.17) is 4.18 Å². The predicted molar refractivity (Wildman–Crippen MR) is 65.4 cm³/mol. The van der Waals surface area contributed by atoms with E-state index < -0.39 is 10.1 Å². The highest BCUT2D eigenvalue weighted by Gasteiger charge is 2.15. The van der Waals surface area contributed by atoms with Crippen molar-refractivity contribution in [2.75, 3.05) is 6.26 Å². The molecule has 0 saturated carbocycles. The van der Waals surface area contributed by atoms with Gasteiger partial charge in [0.15, 0.2) is 0 Å². The summed E-state index contributed by atoms with van der Waals surface area (Å²) in [6, 6.07) is 5.53. The molecular formula is C12H18O3S. The van der Waals surface area contributed by atoms with E-state index in [2.05, 4.69) is 0 Å². The van der Waals surface area contributed by atoms with Crippen LogP contribution in [0.15, 0.2) is 18.2 Å². The standard InChI is InChI=1S/C12H18O3S/c1-5-10-7-6-8-11(12(10)9(2)3)15-16(4,13)14/h6-9H,5H2,1-4H3. The Hall–Kier alpha value is -1.03. The van der Waals surface area contributed by atoms with E-state index in [1.807, 2.05) is 32.9 Å². The van der Waals surface area contributed by atoms with Crippen LogP contribution in [0.2, 0.25) is 0 Å². The molecule has 0 spiro atoms. The molecule has 4 heteroatoms. The van der Waals surface area contributed by atoms with Crippen molar-refractivity contribution in [3.63, 3.8) is 0 Å². The van der Waals surface area contributed by atoms with Crippen molar-refractivity contribution in [3.8, 4) is 5.75 Å². The van der Waals surface area contributed by atoms with Crippen LogP contribution < -0.4 is 4.18 Å². The van der Waals surface area contributed by atoms with Gasteiger partial charge in [-0.3, -0.25) is 0 Å². The minimum Gasteiger partial charge on any atom is -0.382 e. The monoisotopic (exact) mass is 242 g/mol. The summed E-state index contributed by atoms with van der Waals surface area (Å²) in [5.41, 5.74) is 2.12. The minimum absolute atomic E-state index is 0.243. The minimum atomic E-state index is -3.46. The Kier molecular flexibility index (Phi) is 3.97. The van der Waals surface area contributed by atoms with Crippen molar-refractivity contribution in [2.45, 2.75) is 33.1 Å². The van der Waals surface area contributed by atoms with Gasteiger partial charge in [-0.1, -0.05) is 32.9 Å². The van der Waals surface area contributed by atoms with Gasteiger partial charge in [-0.05, 0) is 24.0 Å². The number of aryl methyl sites for hydroxylation is 1. The summed E-state index contributed by atoms with van der Waals surface area (Å²) in [5, 5.41) is 0. The van der Waals surface area contributed by atoms with Crippen LogP contribution in [0.25, 0.3) is 0 Å². The van der Waals surface area contributed by atoms with E-state index in [-0.39, 0.29) is 5.92 Å². The third-order valence-corrected chi connectivity index (χ3v) is 2.84. The van der Waals surface area contributed by atoms with Gasteiger partial charge in [0.05, 0.1) is 6.26 Å². The molecule has 3 nitrogen and oxygen atoms in total. The molecule has 0 aliphatic rings. The van der Waals surface area contributed by atoms with Crippen molar-refractivity contribution in [2.24, 2.45) is 0 Å². The topological polar surface area (TPSA) is 43.4 Å². The Bertz CT molecular complexity index is 461. The van der Waals surface area contributed by atoms with E-state index in [0.29, 0.717) is 5.75 Å². The molecule has 16 heavy (non-hydrogen) atoms. The third kappa shape index (κ3) is 3.23. The molecule has 0 fully saturated rings. The largest absolute Gasteiger partial charge is 0.382 e. The second kappa shape index (κ2) is 4.87. The molecule has 0 aliphatic carbocycles. The lowest BCUT2D eigenvalue weighted by molar-refractivity contribution is 0.487. The fourth-order valence-corrected chi connectivity index (χ4v) is 2.26. The van der Waals surface area contributed by atoms with Crippen molar-refractivity contribution in [3.05, 3.63) is 29.3 Å². The zero-order chi connectivity index (χ0) is 12.3. The first kappa shape index (κ1) is 13.0. The molecule has 90 valence electrons. The van der Waals surface area contributed by atoms with Gasteiger partial charge in [-0.15, -0.1) is 0 Å². The van der Waals surface area contributed by atoms with Crippen molar-refractivity contribution >= 4 is 10.1 Å². The average molecular weight is 242 g/mol. The Balaban J connectivity index is 3.28. The Morgan fingerprint density at radius 2 is 1.94 bits per heavy atom. The number of hydrogen-bond donors (Lipinski definition) is 0. The van der Waals surface area contributed by atoms with E-state index in [0.717, 1.165) is 23.8 Å². The van der Waals surface area contributed by atoms with Gasteiger partial charge >= 0.3 is 10.1 Å². The fraction of sp³-hybridized carbons (Fsp3) is 0.500. The van der Waals surface area contributed by atoms with Crippen molar-refractivity contribution in [1.29, 1.82) is 0 Å². The molecule has 0 bridgehead atoms. The summed E-state index contributed by atoms with van der Waals surface area (Å²) in [5.74, 6) is 0.699. The highest BCUT2D eigenvalue weighted by Crippen LogP contribution is 2.31. The summed E-state index contributed by atoms with van der Waals surface area (Å²) in [4.78, 5) is 0. The van der Waals surface area contributed by atoms with Crippen LogP contribution in [0.1, 0.15) is 37.8 Å². The summed E-state index contributed by atoms with van der Waals surface area (Å²) in [7, 11) is -3.46. The lowest BCUT2D eigenvalue weighted by atomic mass is 9.95. The Morgan fingerprint density at radius 1 is 1.31 bits per heavy atom. The number of rotatable bonds is 4. The van der Waals surface area contributed by atoms with Gasteiger partial charge in [-0.25, -0.2) is 0 Å². The van der Waals surface area contributed by atoms with Crippen LogP contribution in [0, 0.1) is 0 Å². The summed E-state index contributed by atoms with van der Waals surface area (Å²) in [6.07, 6.45) is 1.93. The normalized spacial score (nSPS) is 11.8. The van der Waals surface area contributed by atoms with Gasteiger partial charge in [0.25, 0.3) is 0 Å². The molecule has 0 aromatic heterocycles. The molecule has 0 amide bonds. The van der Waals surface area contributed by atoms with E-state index in [9.17, 15) is 8.42 Å². The maximum Gasteiger partial charge on any atom is 0.306 e. The maximum atomic E-state index is 11.2. The number of benzene rings is 1. The summed E-state index contributed by atoms with van der Waals surface area (Å²) < 4.78 is 27.3. The van der Waals surface area contributed by atoms with E-state index in [1.54, 1.807) is 6.07 Å². The summed E-state index contributed by atoms with van der Waals surface area (Å²) >= 11 is 0. The molecule has 0 unspecified atom stereocenters. The average Bonchev–Trinajstić information content (AvgIpc) is 2.14. The maximum absolute atomic E-state index is 11.2. The first-order valence-electron chi connectivity index (χ1n) is 5.36. The Morgan fingerprint density at radius 3 is 2.38 bits per heavy atom. The van der Waals surface area contributed by atoms with Crippen molar-refractivity contribution in [1.82, 2.24) is 0 Å². The SMILES string of the molecule is CCc1cccc(OS(C)(=O)=O)c1C(C)C. The van der Waals surface area contributed by atoms with Crippen LogP contribution in [0.4, 0.5) is 0 Å². The lowest BCUT2D eigenvalue weighted by Gasteiger charge is -2.16. The molecule has 0 aliphatic heterocycles. The molecule has 0 radical (unpaired) electrons. The first-order chi connectivity index (χ1) is 7.35. The summed E-state index contributed by atoms with van der Waals surface area (Å²) in [6.45, 7) is 6.11. The zero-order valence-electron chi connectivity index (χ0n) is 10.1. The van der Waals surface area contributed by atoms with E-state index >= 15 is 0 Å². The van der Waals surface area contributed by atoms with Crippen LogP contribution >= 0.6 is 0 Å². The van der Waals surface area contributed by atoms with Crippen LogP contribution in [-0.4, -0.2) is 14.7 Å². The van der Waals surface area contributed by atoms with Gasteiger partial charge in [0.1, 0.15) is 5.75 Å². The van der Waals surface area contributed by atoms with Gasteiger partial charge in [0, 0.05) is 5.56 Å². The molecule has 1 aromatic carbocycles. The van der Waals surface area contributed by atoms with Crippen molar-refractivity contribution < 1.29 is 12.6 Å². The molecule has 1 aromatic rings. The van der Waals surface area contributed by atoms with Gasteiger partial charge in [-0.2, -0.15) is 8.42 Å². The molecule has 0 saturated heterocycles. The molecule has 0 N–H and O–H groups in total. The Labute approximate surface area is 97.6 Å². The molecular weight excluding hydrogens is 224 g/mol. The highest BCUT2D eigenvalue weighted by molar-refractivity contribution is 7.86. The van der Waals surface area contributed by atoms with Crippen LogP contribution in [0.5, 0.6) is 5.75 Å². The van der Waals surface area contributed by atoms with Gasteiger partial charge in [0.2, 0.25) is 0 Å². The number of hydrogen-bond acceptors (Lipinski definition) is 3. The second-order valence-electron chi connectivity index (χ2n) is 4.12. The van der Waals surface area contributed by atoms with E-state index in [1.165, 1.54) is 0 Å². The lowest BCUT2D eigenvalue weighted by Crippen LogP contribution is -2.09. The van der Waals surface area contributed by atoms with Crippen LogP contribution in [0.3, 0.4) is 0 Å².